The van der Waals surface area contributed by atoms with Gasteiger partial charge in [-0.15, -0.1) is 5.10 Å². The largest absolute Gasteiger partial charge is 0.461 e. The highest BCUT2D eigenvalue weighted by Crippen LogP contribution is 2.20. The highest BCUT2D eigenvalue weighted by atomic mass is 35.5. The summed E-state index contributed by atoms with van der Waals surface area (Å²) in [6, 6.07) is 11.0. The van der Waals surface area contributed by atoms with Crippen molar-refractivity contribution in [2.75, 3.05) is 5.32 Å². The van der Waals surface area contributed by atoms with Crippen molar-refractivity contribution in [1.82, 2.24) is 14.8 Å². The molecule has 0 bridgehead atoms. The van der Waals surface area contributed by atoms with E-state index in [0.29, 0.717) is 29.1 Å². The van der Waals surface area contributed by atoms with Gasteiger partial charge in [0.05, 0.1) is 6.26 Å². The molecule has 0 spiro atoms. The highest BCUT2D eigenvalue weighted by molar-refractivity contribution is 6.30. The molecule has 0 fully saturated rings. The summed E-state index contributed by atoms with van der Waals surface area (Å²) < 4.78 is 6.60. The fourth-order valence-electron chi connectivity index (χ4n) is 2.12. The third-order valence-electron chi connectivity index (χ3n) is 3.42. The van der Waals surface area contributed by atoms with E-state index in [1.165, 1.54) is 4.68 Å². The van der Waals surface area contributed by atoms with Gasteiger partial charge in [-0.1, -0.05) is 37.6 Å². The Balaban J connectivity index is 1.87. The summed E-state index contributed by atoms with van der Waals surface area (Å²) in [5.41, 5.74) is 1.02. The van der Waals surface area contributed by atoms with Gasteiger partial charge in [0.15, 0.2) is 5.76 Å². The van der Waals surface area contributed by atoms with E-state index < -0.39 is 0 Å². The van der Waals surface area contributed by atoms with Crippen molar-refractivity contribution in [1.29, 1.82) is 0 Å². The van der Waals surface area contributed by atoms with Gasteiger partial charge in [0.1, 0.15) is 0 Å². The lowest BCUT2D eigenvalue weighted by molar-refractivity contribution is 0.0841. The zero-order valence-electron chi connectivity index (χ0n) is 13.4. The monoisotopic (exact) mass is 344 g/mol. The van der Waals surface area contributed by atoms with E-state index in [4.69, 9.17) is 16.0 Å². The summed E-state index contributed by atoms with van der Waals surface area (Å²) in [5, 5.41) is 8.11. The van der Waals surface area contributed by atoms with Crippen molar-refractivity contribution in [2.24, 2.45) is 5.92 Å². The number of furan rings is 1. The lowest BCUT2D eigenvalue weighted by Crippen LogP contribution is -2.21. The fraction of sp³-hybridized carbons (Fsp3) is 0.235. The average Bonchev–Trinajstić information content (AvgIpc) is 3.23. The van der Waals surface area contributed by atoms with Crippen molar-refractivity contribution in [3.63, 3.8) is 0 Å². The SMILES string of the molecule is CC(C)C(=O)n1nc(-c2ccco2)nc1NCc1ccc(Cl)cc1. The molecule has 0 unspecified atom stereocenters. The van der Waals surface area contributed by atoms with E-state index in [0.717, 1.165) is 5.56 Å². The zero-order chi connectivity index (χ0) is 17.1. The summed E-state index contributed by atoms with van der Waals surface area (Å²) in [6.45, 7) is 4.14. The molecular weight excluding hydrogens is 328 g/mol. The number of nitrogens with one attached hydrogen (secondary N) is 1. The van der Waals surface area contributed by atoms with Gasteiger partial charge in [-0.25, -0.2) is 0 Å². The van der Waals surface area contributed by atoms with Crippen LogP contribution in [0.2, 0.25) is 5.02 Å². The average molecular weight is 345 g/mol. The van der Waals surface area contributed by atoms with Gasteiger partial charge in [0.2, 0.25) is 11.8 Å². The minimum Gasteiger partial charge on any atom is -0.461 e. The predicted molar refractivity (Wildman–Crippen MR) is 92.0 cm³/mol. The number of carbonyl (C=O) groups excluding carboxylic acids is 1. The first kappa shape index (κ1) is 16.3. The second kappa shape index (κ2) is 6.88. The summed E-state index contributed by atoms with van der Waals surface area (Å²) >= 11 is 5.89. The number of halogens is 1. The molecule has 7 heteroatoms. The highest BCUT2D eigenvalue weighted by Gasteiger charge is 2.20. The lowest BCUT2D eigenvalue weighted by atomic mass is 10.2. The van der Waals surface area contributed by atoms with Crippen LogP contribution in [0.3, 0.4) is 0 Å². The fourth-order valence-corrected chi connectivity index (χ4v) is 2.24. The van der Waals surface area contributed by atoms with Crippen molar-refractivity contribution in [2.45, 2.75) is 20.4 Å². The van der Waals surface area contributed by atoms with Gasteiger partial charge in [-0.3, -0.25) is 4.79 Å². The molecule has 1 aromatic carbocycles. The van der Waals surface area contributed by atoms with Gasteiger partial charge in [-0.05, 0) is 29.8 Å². The lowest BCUT2D eigenvalue weighted by Gasteiger charge is -2.08. The van der Waals surface area contributed by atoms with Crippen LogP contribution in [0, 0.1) is 5.92 Å². The Morgan fingerprint density at radius 1 is 1.29 bits per heavy atom. The number of hydrogen-bond acceptors (Lipinski definition) is 5. The van der Waals surface area contributed by atoms with Crippen LogP contribution in [0.5, 0.6) is 0 Å². The molecule has 1 N–H and O–H groups in total. The first-order valence-electron chi connectivity index (χ1n) is 7.58. The van der Waals surface area contributed by atoms with E-state index in [2.05, 4.69) is 15.4 Å². The summed E-state index contributed by atoms with van der Waals surface area (Å²) in [5.74, 6) is 0.925. The van der Waals surface area contributed by atoms with Crippen LogP contribution in [0.25, 0.3) is 11.6 Å². The number of rotatable bonds is 5. The van der Waals surface area contributed by atoms with Gasteiger partial charge in [0, 0.05) is 17.5 Å². The minimum atomic E-state index is -0.202. The Morgan fingerprint density at radius 3 is 2.67 bits per heavy atom. The maximum Gasteiger partial charge on any atom is 0.252 e. The molecule has 0 aliphatic carbocycles. The van der Waals surface area contributed by atoms with Crippen molar-refractivity contribution < 1.29 is 9.21 Å². The zero-order valence-corrected chi connectivity index (χ0v) is 14.1. The Kier molecular flexibility index (Phi) is 4.66. The van der Waals surface area contributed by atoms with Gasteiger partial charge < -0.3 is 9.73 Å². The van der Waals surface area contributed by atoms with Crippen LogP contribution >= 0.6 is 11.6 Å². The number of benzene rings is 1. The molecule has 0 amide bonds. The molecule has 24 heavy (non-hydrogen) atoms. The quantitative estimate of drug-likeness (QED) is 0.754. The van der Waals surface area contributed by atoms with E-state index in [1.807, 2.05) is 38.1 Å². The maximum atomic E-state index is 12.4. The number of anilines is 1. The molecule has 0 aliphatic rings. The maximum absolute atomic E-state index is 12.4. The molecule has 2 heterocycles. The molecule has 6 nitrogen and oxygen atoms in total. The van der Waals surface area contributed by atoms with Crippen LogP contribution in [0.15, 0.2) is 47.1 Å². The van der Waals surface area contributed by atoms with Crippen LogP contribution in [0.4, 0.5) is 5.95 Å². The second-order valence-electron chi connectivity index (χ2n) is 5.62. The topological polar surface area (TPSA) is 73.0 Å². The molecule has 3 aromatic rings. The Morgan fingerprint density at radius 2 is 2.04 bits per heavy atom. The standard InChI is InChI=1S/C17H17ClN4O2/c1-11(2)16(23)22-17(19-10-12-5-7-13(18)8-6-12)20-15(21-22)14-4-3-9-24-14/h3-9,11H,10H2,1-2H3,(H,19,20,21). The second-order valence-corrected chi connectivity index (χ2v) is 6.06. The van der Waals surface area contributed by atoms with E-state index >= 15 is 0 Å². The first-order valence-corrected chi connectivity index (χ1v) is 7.96. The Hall–Kier alpha value is -2.60. The summed E-state index contributed by atoms with van der Waals surface area (Å²) in [4.78, 5) is 16.8. The van der Waals surface area contributed by atoms with Crippen LogP contribution in [-0.4, -0.2) is 20.7 Å². The molecule has 0 saturated carbocycles. The van der Waals surface area contributed by atoms with Crippen molar-refractivity contribution in [3.8, 4) is 11.6 Å². The third-order valence-corrected chi connectivity index (χ3v) is 3.67. The van der Waals surface area contributed by atoms with Gasteiger partial charge >= 0.3 is 0 Å². The molecule has 0 atom stereocenters. The van der Waals surface area contributed by atoms with Crippen LogP contribution in [-0.2, 0) is 6.54 Å². The van der Waals surface area contributed by atoms with Gasteiger partial charge in [0.25, 0.3) is 5.91 Å². The normalized spacial score (nSPS) is 11.0. The van der Waals surface area contributed by atoms with Crippen molar-refractivity contribution >= 4 is 23.5 Å². The first-order chi connectivity index (χ1) is 11.5. The molecule has 124 valence electrons. The van der Waals surface area contributed by atoms with Crippen LogP contribution in [0.1, 0.15) is 24.2 Å². The summed E-state index contributed by atoms with van der Waals surface area (Å²) in [7, 11) is 0. The third kappa shape index (κ3) is 3.49. The predicted octanol–water partition coefficient (Wildman–Crippen LogP) is 4.10. The molecule has 0 radical (unpaired) electrons. The summed E-state index contributed by atoms with van der Waals surface area (Å²) in [6.07, 6.45) is 1.54. The Labute approximate surface area is 144 Å². The van der Waals surface area contributed by atoms with Gasteiger partial charge in [-0.2, -0.15) is 9.67 Å². The molecule has 0 aliphatic heterocycles. The number of aromatic nitrogens is 3. The number of hydrogen-bond donors (Lipinski definition) is 1. The Bertz CT molecular complexity index is 823. The molecular formula is C17H17ClN4O2. The molecule has 2 aromatic heterocycles. The number of carbonyl (C=O) groups is 1. The van der Waals surface area contributed by atoms with Crippen molar-refractivity contribution in [3.05, 3.63) is 53.2 Å². The molecule has 3 rings (SSSR count). The molecule has 0 saturated heterocycles. The van der Waals surface area contributed by atoms with E-state index in [-0.39, 0.29) is 11.8 Å². The van der Waals surface area contributed by atoms with Crippen LogP contribution < -0.4 is 5.32 Å². The minimum absolute atomic E-state index is 0.140. The number of nitrogens with zero attached hydrogens (tertiary/aromatic N) is 3. The van der Waals surface area contributed by atoms with E-state index in [1.54, 1.807) is 18.4 Å². The smallest absolute Gasteiger partial charge is 0.252 e. The van der Waals surface area contributed by atoms with E-state index in [9.17, 15) is 4.79 Å².